The summed E-state index contributed by atoms with van der Waals surface area (Å²) >= 11 is 0. The predicted octanol–water partition coefficient (Wildman–Crippen LogP) is 4.30. The topological polar surface area (TPSA) is 117 Å². The Hall–Kier alpha value is -2.67. The van der Waals surface area contributed by atoms with Gasteiger partial charge < -0.3 is 19.9 Å². The maximum Gasteiger partial charge on any atom is 0.352 e. The smallest absolute Gasteiger partial charge is 0.352 e. The fraction of sp³-hybridized carbons (Fsp3) is 0.577. The fourth-order valence-corrected chi connectivity index (χ4v) is 5.92. The van der Waals surface area contributed by atoms with Gasteiger partial charge in [0, 0.05) is 25.0 Å². The summed E-state index contributed by atoms with van der Waals surface area (Å²) in [6.45, 7) is 5.69. The summed E-state index contributed by atoms with van der Waals surface area (Å²) in [6, 6.07) is 3.14. The van der Waals surface area contributed by atoms with Crippen molar-refractivity contribution in [2.75, 3.05) is 0 Å². The minimum Gasteiger partial charge on any atom is -0.477 e. The van der Waals surface area contributed by atoms with Gasteiger partial charge in [-0.15, -0.1) is 0 Å². The van der Waals surface area contributed by atoms with Crippen LogP contribution in [0.4, 0.5) is 0 Å². The summed E-state index contributed by atoms with van der Waals surface area (Å²) in [6.07, 6.45) is 11.2. The van der Waals surface area contributed by atoms with E-state index in [9.17, 15) is 19.5 Å². The Morgan fingerprint density at radius 3 is 2.64 bits per heavy atom. The molecule has 0 bridgehead atoms. The summed E-state index contributed by atoms with van der Waals surface area (Å²) in [7, 11) is 0. The van der Waals surface area contributed by atoms with Crippen molar-refractivity contribution < 1.29 is 29.3 Å². The Kier molecular flexibility index (Phi) is 7.95. The number of Topliss-reactive ketones (excluding diaryl/α,β-unsaturated/α-hetero) is 1. The highest BCUT2D eigenvalue weighted by molar-refractivity contribution is 5.90. The van der Waals surface area contributed by atoms with Crippen molar-refractivity contribution in [3.63, 3.8) is 0 Å². The van der Waals surface area contributed by atoms with Crippen LogP contribution in [-0.2, 0) is 14.3 Å². The Bertz CT molecular complexity index is 915. The molecule has 0 amide bonds. The van der Waals surface area contributed by atoms with Gasteiger partial charge >= 0.3 is 11.9 Å². The zero-order valence-corrected chi connectivity index (χ0v) is 19.6. The number of ether oxygens (including phenoxy) is 1. The molecule has 0 saturated heterocycles. The number of carboxylic acid groups (broad SMARTS) is 1. The number of aliphatic hydroxyl groups excluding tert-OH is 1. The van der Waals surface area contributed by atoms with Crippen molar-refractivity contribution >= 4 is 17.7 Å². The van der Waals surface area contributed by atoms with Gasteiger partial charge in [-0.2, -0.15) is 0 Å². The van der Waals surface area contributed by atoms with E-state index in [2.05, 4.69) is 30.1 Å². The molecule has 33 heavy (non-hydrogen) atoms. The molecule has 180 valence electrons. The van der Waals surface area contributed by atoms with Crippen molar-refractivity contribution in [2.24, 2.45) is 23.2 Å². The van der Waals surface area contributed by atoms with Gasteiger partial charge in [-0.3, -0.25) is 9.59 Å². The number of ketones is 1. The monoisotopic (exact) mass is 457 g/mol. The first-order valence-electron chi connectivity index (χ1n) is 11.8. The number of aromatic nitrogens is 1. The van der Waals surface area contributed by atoms with E-state index in [4.69, 9.17) is 9.84 Å². The van der Waals surface area contributed by atoms with Crippen molar-refractivity contribution in [1.82, 2.24) is 4.98 Å². The number of carbonyl (C=O) groups excluding carboxylic acids is 2. The van der Waals surface area contributed by atoms with Gasteiger partial charge in [-0.25, -0.2) is 4.79 Å². The zero-order chi connectivity index (χ0) is 24.2. The molecule has 2 aliphatic carbocycles. The maximum absolute atomic E-state index is 13.2. The molecule has 0 aromatic carbocycles. The number of carbonyl (C=O) groups is 3. The number of rotatable bonds is 2. The van der Waals surface area contributed by atoms with Crippen LogP contribution >= 0.6 is 0 Å². The van der Waals surface area contributed by atoms with Gasteiger partial charge in [0.05, 0.1) is 11.5 Å². The molecule has 6 unspecified atom stereocenters. The lowest BCUT2D eigenvalue weighted by molar-refractivity contribution is -0.158. The standard InChI is InChI=1S/C21H30O4.C5H5NO2/c1-13-12-14(2)21-16(8-5-9-18(21)23)6-4-7-17(21)10-11-19(24)25-20(13)15(3)22;7-5(8)4-2-1-3-6-4/h4,7,12-13,15-17,20,22H,5-6,8-11H2,1-3H3;1-3,6H,(H,7,8)/b14-12+;. The lowest BCUT2D eigenvalue weighted by Crippen LogP contribution is -2.50. The average molecular weight is 458 g/mol. The van der Waals surface area contributed by atoms with Gasteiger partial charge in [-0.1, -0.05) is 30.7 Å². The number of hydrogen-bond donors (Lipinski definition) is 3. The number of carboxylic acids is 1. The third-order valence-electron chi connectivity index (χ3n) is 7.35. The second kappa shape index (κ2) is 10.5. The zero-order valence-electron chi connectivity index (χ0n) is 19.6. The van der Waals surface area contributed by atoms with Crippen LogP contribution in [0.5, 0.6) is 0 Å². The number of allylic oxidation sites excluding steroid dienone is 3. The normalized spacial score (nSPS) is 34.4. The van der Waals surface area contributed by atoms with Crippen LogP contribution in [0, 0.1) is 23.2 Å². The Labute approximate surface area is 194 Å². The molecule has 1 aromatic rings. The summed E-state index contributed by atoms with van der Waals surface area (Å²) in [5, 5.41) is 18.3. The van der Waals surface area contributed by atoms with E-state index in [0.29, 0.717) is 31.0 Å². The Morgan fingerprint density at radius 1 is 1.27 bits per heavy atom. The van der Waals surface area contributed by atoms with E-state index in [-0.39, 0.29) is 23.5 Å². The summed E-state index contributed by atoms with van der Waals surface area (Å²) in [4.78, 5) is 38.1. The van der Waals surface area contributed by atoms with Gasteiger partial charge in [0.1, 0.15) is 17.6 Å². The van der Waals surface area contributed by atoms with E-state index in [0.717, 1.165) is 24.8 Å². The molecule has 6 atom stereocenters. The van der Waals surface area contributed by atoms with E-state index in [1.807, 2.05) is 6.92 Å². The van der Waals surface area contributed by atoms with E-state index >= 15 is 0 Å². The number of esters is 1. The SMILES string of the molecule is C/C1=C\C(C)C(C(C)O)OC(=O)CCC2C=CCC3CCCC(=O)C123.O=C(O)c1ccc[nH]1. The van der Waals surface area contributed by atoms with Gasteiger partial charge in [0.2, 0.25) is 0 Å². The number of nitrogens with one attached hydrogen (secondary N) is 1. The molecule has 3 aliphatic rings. The number of H-pyrrole nitrogens is 1. The van der Waals surface area contributed by atoms with E-state index in [1.165, 1.54) is 6.07 Å². The summed E-state index contributed by atoms with van der Waals surface area (Å²) in [5.74, 6) is -0.597. The Balaban J connectivity index is 0.000000323. The van der Waals surface area contributed by atoms with Crippen molar-refractivity contribution in [3.8, 4) is 0 Å². The maximum atomic E-state index is 13.2. The third kappa shape index (κ3) is 5.13. The van der Waals surface area contributed by atoms with E-state index in [1.54, 1.807) is 19.2 Å². The van der Waals surface area contributed by atoms with Gasteiger partial charge in [0.15, 0.2) is 0 Å². The highest BCUT2D eigenvalue weighted by Crippen LogP contribution is 2.55. The van der Waals surface area contributed by atoms with Crippen LogP contribution in [0.2, 0.25) is 0 Å². The lowest BCUT2D eigenvalue weighted by atomic mass is 9.52. The van der Waals surface area contributed by atoms with Gasteiger partial charge in [-0.05, 0) is 63.5 Å². The van der Waals surface area contributed by atoms with Crippen molar-refractivity contribution in [1.29, 1.82) is 0 Å². The highest BCUT2D eigenvalue weighted by Gasteiger charge is 2.53. The van der Waals surface area contributed by atoms with Crippen molar-refractivity contribution in [3.05, 3.63) is 47.8 Å². The number of aliphatic hydroxyl groups is 1. The summed E-state index contributed by atoms with van der Waals surface area (Å²) in [5.41, 5.74) is 0.861. The number of aromatic carboxylic acids is 1. The predicted molar refractivity (Wildman–Crippen MR) is 123 cm³/mol. The van der Waals surface area contributed by atoms with Gasteiger partial charge in [0.25, 0.3) is 0 Å². The molecular weight excluding hydrogens is 422 g/mol. The molecule has 7 nitrogen and oxygen atoms in total. The highest BCUT2D eigenvalue weighted by atomic mass is 16.6. The first-order valence-corrected chi connectivity index (χ1v) is 11.8. The molecule has 3 N–H and O–H groups in total. The number of hydrogen-bond acceptors (Lipinski definition) is 5. The first-order chi connectivity index (χ1) is 15.7. The molecule has 1 fully saturated rings. The second-order valence-corrected chi connectivity index (χ2v) is 9.48. The molecule has 4 rings (SSSR count). The van der Waals surface area contributed by atoms with Crippen LogP contribution in [0.15, 0.2) is 42.1 Å². The second-order valence-electron chi connectivity index (χ2n) is 9.48. The molecule has 1 aliphatic heterocycles. The Morgan fingerprint density at radius 2 is 2.03 bits per heavy atom. The minimum atomic E-state index is -0.921. The van der Waals surface area contributed by atoms with Crippen LogP contribution < -0.4 is 0 Å². The van der Waals surface area contributed by atoms with Crippen LogP contribution in [0.1, 0.15) is 69.8 Å². The molecular formula is C26H35NO6. The first kappa shape index (κ1) is 25.0. The molecule has 1 spiro atoms. The summed E-state index contributed by atoms with van der Waals surface area (Å²) < 4.78 is 5.55. The largest absolute Gasteiger partial charge is 0.477 e. The average Bonchev–Trinajstić information content (AvgIpc) is 3.31. The third-order valence-corrected chi connectivity index (χ3v) is 7.35. The molecule has 1 aromatic heterocycles. The fourth-order valence-electron chi connectivity index (χ4n) is 5.92. The van der Waals surface area contributed by atoms with E-state index < -0.39 is 23.6 Å². The number of cyclic esters (lactones) is 1. The quantitative estimate of drug-likeness (QED) is 0.450. The lowest BCUT2D eigenvalue weighted by Gasteiger charge is -2.50. The minimum absolute atomic E-state index is 0.0677. The van der Waals surface area contributed by atoms with Crippen LogP contribution in [0.25, 0.3) is 0 Å². The van der Waals surface area contributed by atoms with Crippen LogP contribution in [-0.4, -0.2) is 45.1 Å². The molecule has 0 radical (unpaired) electrons. The number of aromatic amines is 1. The molecule has 2 heterocycles. The van der Waals surface area contributed by atoms with Crippen molar-refractivity contribution in [2.45, 2.75) is 71.5 Å². The molecule has 1 saturated carbocycles. The van der Waals surface area contributed by atoms with Crippen LogP contribution in [0.3, 0.4) is 0 Å². The molecule has 7 heteroatoms.